The molecular weight excluding hydrogens is 304 g/mol. The Bertz CT molecular complexity index is 697. The van der Waals surface area contributed by atoms with Gasteiger partial charge in [0.25, 0.3) is 0 Å². The van der Waals surface area contributed by atoms with Gasteiger partial charge in [0.05, 0.1) is 11.8 Å². The highest BCUT2D eigenvalue weighted by Gasteiger charge is 2.16. The van der Waals surface area contributed by atoms with E-state index in [1.54, 1.807) is 0 Å². The van der Waals surface area contributed by atoms with Gasteiger partial charge in [-0.1, -0.05) is 24.3 Å². The van der Waals surface area contributed by atoms with Crippen molar-refractivity contribution < 1.29 is 14.3 Å². The fourth-order valence-electron chi connectivity index (χ4n) is 2.64. The van der Waals surface area contributed by atoms with Crippen LogP contribution in [0.2, 0.25) is 0 Å². The van der Waals surface area contributed by atoms with Crippen molar-refractivity contribution in [1.82, 2.24) is 5.32 Å². The molecule has 2 N–H and O–H groups in total. The molecule has 0 bridgehead atoms. The summed E-state index contributed by atoms with van der Waals surface area (Å²) < 4.78 is 11.4. The number of hydrogen-bond donors (Lipinski definition) is 2. The van der Waals surface area contributed by atoms with Gasteiger partial charge < -0.3 is 20.1 Å². The predicted molar refractivity (Wildman–Crippen MR) is 93.7 cm³/mol. The summed E-state index contributed by atoms with van der Waals surface area (Å²) in [5, 5.41) is 5.68. The van der Waals surface area contributed by atoms with Gasteiger partial charge in [-0.3, -0.25) is 0 Å². The van der Waals surface area contributed by atoms with Crippen molar-refractivity contribution in [2.75, 3.05) is 18.5 Å². The number of nitrogens with one attached hydrogen (secondary N) is 2. The third-order valence-electron chi connectivity index (χ3n) is 3.87. The van der Waals surface area contributed by atoms with Crippen LogP contribution < -0.4 is 15.4 Å². The first-order valence-electron chi connectivity index (χ1n) is 8.21. The summed E-state index contributed by atoms with van der Waals surface area (Å²) >= 11 is 0. The summed E-state index contributed by atoms with van der Waals surface area (Å²) in [6, 6.07) is 14.9. The molecule has 1 unspecified atom stereocenters. The lowest BCUT2D eigenvalue weighted by atomic mass is 10.2. The molecule has 5 nitrogen and oxygen atoms in total. The van der Waals surface area contributed by atoms with Gasteiger partial charge in [0, 0.05) is 13.2 Å². The quantitative estimate of drug-likeness (QED) is 0.870. The fourth-order valence-corrected chi connectivity index (χ4v) is 2.64. The number of anilines is 1. The lowest BCUT2D eigenvalue weighted by Crippen LogP contribution is -2.35. The minimum Gasteiger partial charge on any atom is -0.455 e. The Morgan fingerprint density at radius 1 is 1.25 bits per heavy atom. The van der Waals surface area contributed by atoms with Gasteiger partial charge in [-0.15, -0.1) is 0 Å². The number of amides is 2. The second-order valence-electron chi connectivity index (χ2n) is 5.88. The molecular formula is C19H22N2O3. The topological polar surface area (TPSA) is 59.6 Å². The van der Waals surface area contributed by atoms with Crippen LogP contribution in [0.15, 0.2) is 48.5 Å². The van der Waals surface area contributed by atoms with Crippen LogP contribution in [0.3, 0.4) is 0 Å². The summed E-state index contributed by atoms with van der Waals surface area (Å²) in [4.78, 5) is 12.1. The maximum Gasteiger partial charge on any atom is 0.319 e. The zero-order valence-corrected chi connectivity index (χ0v) is 13.7. The highest BCUT2D eigenvalue weighted by Crippen LogP contribution is 2.29. The molecule has 5 heteroatoms. The zero-order valence-electron chi connectivity index (χ0n) is 13.7. The van der Waals surface area contributed by atoms with Crippen molar-refractivity contribution in [1.29, 1.82) is 0 Å². The third kappa shape index (κ3) is 4.49. The van der Waals surface area contributed by atoms with Gasteiger partial charge >= 0.3 is 6.03 Å². The number of urea groups is 1. The summed E-state index contributed by atoms with van der Waals surface area (Å²) in [6.07, 6.45) is 2.17. The van der Waals surface area contributed by atoms with Crippen molar-refractivity contribution in [2.45, 2.75) is 25.9 Å². The molecule has 0 spiro atoms. The lowest BCUT2D eigenvalue weighted by molar-refractivity contribution is 0.112. The number of aryl methyl sites for hydroxylation is 1. The van der Waals surface area contributed by atoms with Gasteiger partial charge in [-0.25, -0.2) is 4.79 Å². The van der Waals surface area contributed by atoms with Crippen LogP contribution in [-0.2, 0) is 4.74 Å². The minimum atomic E-state index is -0.259. The van der Waals surface area contributed by atoms with E-state index in [1.807, 2.05) is 55.5 Å². The first-order chi connectivity index (χ1) is 11.7. The largest absolute Gasteiger partial charge is 0.455 e. The maximum atomic E-state index is 12.1. The molecule has 1 heterocycles. The summed E-state index contributed by atoms with van der Waals surface area (Å²) in [7, 11) is 0. The average Bonchev–Trinajstić information content (AvgIpc) is 3.08. The molecule has 3 rings (SSSR count). The number of carbonyl (C=O) groups is 1. The molecule has 2 amide bonds. The number of hydrogen-bond acceptors (Lipinski definition) is 3. The Morgan fingerprint density at radius 3 is 2.92 bits per heavy atom. The number of carbonyl (C=O) groups excluding carboxylic acids is 1. The van der Waals surface area contributed by atoms with E-state index in [0.29, 0.717) is 18.0 Å². The van der Waals surface area contributed by atoms with E-state index in [4.69, 9.17) is 9.47 Å². The van der Waals surface area contributed by atoms with E-state index < -0.39 is 0 Å². The normalized spacial score (nSPS) is 16.6. The first-order valence-corrected chi connectivity index (χ1v) is 8.21. The SMILES string of the molecule is Cc1cccc(Oc2ccccc2NC(=O)NCC2CCCO2)c1. The van der Waals surface area contributed by atoms with Gasteiger partial charge in [0.15, 0.2) is 5.75 Å². The molecule has 0 aliphatic carbocycles. The number of para-hydroxylation sites is 2. The molecule has 24 heavy (non-hydrogen) atoms. The van der Waals surface area contributed by atoms with Crippen LogP contribution in [0, 0.1) is 6.92 Å². The molecule has 2 aromatic carbocycles. The third-order valence-corrected chi connectivity index (χ3v) is 3.87. The van der Waals surface area contributed by atoms with Crippen LogP contribution in [-0.4, -0.2) is 25.3 Å². The summed E-state index contributed by atoms with van der Waals surface area (Å²) in [5.41, 5.74) is 1.75. The molecule has 0 aromatic heterocycles. The second-order valence-corrected chi connectivity index (χ2v) is 5.88. The molecule has 0 radical (unpaired) electrons. The van der Waals surface area contributed by atoms with Gasteiger partial charge in [-0.2, -0.15) is 0 Å². The van der Waals surface area contributed by atoms with Crippen LogP contribution in [0.1, 0.15) is 18.4 Å². The van der Waals surface area contributed by atoms with E-state index in [9.17, 15) is 4.79 Å². The van der Waals surface area contributed by atoms with E-state index in [1.165, 1.54) is 0 Å². The van der Waals surface area contributed by atoms with Crippen molar-refractivity contribution in [3.63, 3.8) is 0 Å². The van der Waals surface area contributed by atoms with Gasteiger partial charge in [-0.05, 0) is 49.6 Å². The number of rotatable bonds is 5. The Morgan fingerprint density at radius 2 is 2.12 bits per heavy atom. The fraction of sp³-hybridized carbons (Fsp3) is 0.316. The maximum absolute atomic E-state index is 12.1. The van der Waals surface area contributed by atoms with Crippen LogP contribution in [0.4, 0.5) is 10.5 Å². The summed E-state index contributed by atoms with van der Waals surface area (Å²) in [6.45, 7) is 3.31. The smallest absolute Gasteiger partial charge is 0.319 e. The van der Waals surface area contributed by atoms with E-state index in [2.05, 4.69) is 10.6 Å². The van der Waals surface area contributed by atoms with Crippen LogP contribution in [0.5, 0.6) is 11.5 Å². The van der Waals surface area contributed by atoms with Gasteiger partial charge in [0.2, 0.25) is 0 Å². The monoisotopic (exact) mass is 326 g/mol. The molecule has 1 aliphatic heterocycles. The molecule has 126 valence electrons. The van der Waals surface area contributed by atoms with E-state index in [0.717, 1.165) is 30.8 Å². The highest BCUT2D eigenvalue weighted by molar-refractivity contribution is 5.90. The minimum absolute atomic E-state index is 0.120. The Labute approximate surface area is 142 Å². The van der Waals surface area contributed by atoms with Crippen LogP contribution in [0.25, 0.3) is 0 Å². The average molecular weight is 326 g/mol. The predicted octanol–water partition coefficient (Wildman–Crippen LogP) is 4.09. The standard InChI is InChI=1S/C19H22N2O3/c1-14-6-4-7-15(12-14)24-18-10-3-2-9-17(18)21-19(22)20-13-16-8-5-11-23-16/h2-4,6-7,9-10,12,16H,5,8,11,13H2,1H3,(H2,20,21,22). The first kappa shape index (κ1) is 16.3. The molecule has 2 aromatic rings. The number of ether oxygens (including phenoxy) is 2. The Balaban J connectivity index is 1.61. The Hall–Kier alpha value is -2.53. The van der Waals surface area contributed by atoms with Crippen molar-refractivity contribution in [2.24, 2.45) is 0 Å². The van der Waals surface area contributed by atoms with E-state index in [-0.39, 0.29) is 12.1 Å². The van der Waals surface area contributed by atoms with Gasteiger partial charge in [0.1, 0.15) is 5.75 Å². The van der Waals surface area contributed by atoms with Crippen molar-refractivity contribution in [3.05, 3.63) is 54.1 Å². The Kier molecular flexibility index (Phi) is 5.33. The highest BCUT2D eigenvalue weighted by atomic mass is 16.5. The molecule has 1 fully saturated rings. The molecule has 1 aliphatic rings. The lowest BCUT2D eigenvalue weighted by Gasteiger charge is -2.14. The summed E-state index contributed by atoms with van der Waals surface area (Å²) in [5.74, 6) is 1.35. The van der Waals surface area contributed by atoms with Crippen LogP contribution >= 0.6 is 0 Å². The van der Waals surface area contributed by atoms with Crippen molar-refractivity contribution in [3.8, 4) is 11.5 Å². The second kappa shape index (κ2) is 7.84. The molecule has 0 saturated carbocycles. The molecule has 1 atom stereocenters. The molecule has 1 saturated heterocycles. The zero-order chi connectivity index (χ0) is 16.8. The number of benzene rings is 2. The van der Waals surface area contributed by atoms with E-state index >= 15 is 0 Å². The van der Waals surface area contributed by atoms with Crippen molar-refractivity contribution >= 4 is 11.7 Å².